The fraction of sp³-hybridized carbons (Fsp3) is 0.167. The highest BCUT2D eigenvalue weighted by molar-refractivity contribution is 9.10. The standard InChI is InChI=1S/C42H35BrN4O7S/c1-5-53-35-24-32(43)31(23-34(35)52-4)39-37(41(49)54-6-2)25(3)44-42-46(39)40(48)36(55-42)22-28-21-33(26-13-9-7-10-14-26)45(38(28)27-15-11-8-12-16-27)29-17-19-30(20-18-29)47(50)51/h7-24,39H,5-6H2,1-4H3/b36-22+/t39-/m1/s1. The Bertz CT molecular complexity index is 2650. The zero-order chi connectivity index (χ0) is 38.8. The fourth-order valence-corrected chi connectivity index (χ4v) is 8.34. The van der Waals surface area contributed by atoms with Crippen LogP contribution in [0, 0.1) is 10.1 Å². The van der Waals surface area contributed by atoms with E-state index in [4.69, 9.17) is 19.2 Å². The summed E-state index contributed by atoms with van der Waals surface area (Å²) in [7, 11) is 1.53. The number of hydrogen-bond acceptors (Lipinski definition) is 9. The van der Waals surface area contributed by atoms with E-state index in [0.29, 0.717) is 48.9 Å². The van der Waals surface area contributed by atoms with E-state index in [0.717, 1.165) is 28.1 Å². The van der Waals surface area contributed by atoms with E-state index in [9.17, 15) is 19.7 Å². The average molecular weight is 820 g/mol. The lowest BCUT2D eigenvalue weighted by molar-refractivity contribution is -0.384. The molecule has 3 heterocycles. The van der Waals surface area contributed by atoms with Crippen molar-refractivity contribution in [1.82, 2.24) is 9.13 Å². The second kappa shape index (κ2) is 15.7. The molecule has 7 rings (SSSR count). The molecule has 11 nitrogen and oxygen atoms in total. The van der Waals surface area contributed by atoms with Crippen LogP contribution in [-0.2, 0) is 9.53 Å². The third kappa shape index (κ3) is 7.04. The fourth-order valence-electron chi connectivity index (χ4n) is 6.76. The molecule has 0 saturated carbocycles. The van der Waals surface area contributed by atoms with Crippen LogP contribution < -0.4 is 24.4 Å². The number of allylic oxidation sites excluding steroid dienone is 1. The number of fused-ring (bicyclic) bond motifs is 1. The first-order valence-corrected chi connectivity index (χ1v) is 19.1. The molecule has 0 fully saturated rings. The minimum absolute atomic E-state index is 0.0245. The molecular formula is C42H35BrN4O7S. The molecule has 0 unspecified atom stereocenters. The number of thiazole rings is 1. The van der Waals surface area contributed by atoms with Gasteiger partial charge in [-0.2, -0.15) is 0 Å². The van der Waals surface area contributed by atoms with Gasteiger partial charge in [0.25, 0.3) is 11.2 Å². The van der Waals surface area contributed by atoms with Gasteiger partial charge >= 0.3 is 5.97 Å². The molecule has 1 atom stereocenters. The molecule has 55 heavy (non-hydrogen) atoms. The lowest BCUT2D eigenvalue weighted by Gasteiger charge is -2.26. The number of aromatic nitrogens is 2. The number of carbonyl (C=O) groups is 1. The molecule has 0 aliphatic carbocycles. The maximum absolute atomic E-state index is 14.8. The minimum Gasteiger partial charge on any atom is -0.493 e. The number of rotatable bonds is 11. The highest BCUT2D eigenvalue weighted by atomic mass is 79.9. The lowest BCUT2D eigenvalue weighted by atomic mass is 9.95. The Morgan fingerprint density at radius 1 is 0.945 bits per heavy atom. The summed E-state index contributed by atoms with van der Waals surface area (Å²) in [5.74, 6) is 0.363. The Morgan fingerprint density at radius 3 is 2.24 bits per heavy atom. The van der Waals surface area contributed by atoms with Gasteiger partial charge in [-0.15, -0.1) is 0 Å². The number of esters is 1. The van der Waals surface area contributed by atoms with Gasteiger partial charge in [0, 0.05) is 27.9 Å². The van der Waals surface area contributed by atoms with E-state index in [1.54, 1.807) is 38.1 Å². The molecule has 0 spiro atoms. The largest absolute Gasteiger partial charge is 0.493 e. The molecule has 6 aromatic rings. The molecule has 13 heteroatoms. The predicted octanol–water partition coefficient (Wildman–Crippen LogP) is 8.00. The zero-order valence-corrected chi connectivity index (χ0v) is 32.7. The molecule has 278 valence electrons. The van der Waals surface area contributed by atoms with E-state index in [-0.39, 0.29) is 23.4 Å². The van der Waals surface area contributed by atoms with Crippen LogP contribution in [0.1, 0.15) is 37.9 Å². The number of methoxy groups -OCH3 is 1. The van der Waals surface area contributed by atoms with Gasteiger partial charge in [0.1, 0.15) is 0 Å². The second-order valence-corrected chi connectivity index (χ2v) is 14.3. The average Bonchev–Trinajstić information content (AvgIpc) is 3.72. The molecule has 0 saturated heterocycles. The summed E-state index contributed by atoms with van der Waals surface area (Å²) in [4.78, 5) is 44.8. The SMILES string of the molecule is CCOC(=O)C1=C(C)N=c2s/c(=C/c3cc(-c4ccccc4)n(-c4ccc([N+](=O)[O-])cc4)c3-c3ccccc3)c(=O)n2[C@@H]1c1cc(OC)c(OCC)cc1Br. The summed E-state index contributed by atoms with van der Waals surface area (Å²) in [6, 6.07) is 30.6. The summed E-state index contributed by atoms with van der Waals surface area (Å²) in [5, 5.41) is 11.6. The van der Waals surface area contributed by atoms with Crippen LogP contribution in [-0.4, -0.2) is 40.4 Å². The van der Waals surface area contributed by atoms with Crippen LogP contribution >= 0.6 is 27.3 Å². The van der Waals surface area contributed by atoms with Crippen molar-refractivity contribution in [1.29, 1.82) is 0 Å². The van der Waals surface area contributed by atoms with Gasteiger partial charge in [-0.1, -0.05) is 87.9 Å². The van der Waals surface area contributed by atoms with E-state index in [1.807, 2.05) is 84.3 Å². The van der Waals surface area contributed by atoms with Crippen LogP contribution in [0.4, 0.5) is 5.69 Å². The summed E-state index contributed by atoms with van der Waals surface area (Å²) < 4.78 is 21.6. The topological polar surface area (TPSA) is 127 Å². The van der Waals surface area contributed by atoms with Crippen LogP contribution in [0.3, 0.4) is 0 Å². The molecule has 0 bridgehead atoms. The number of carbonyl (C=O) groups excluding carboxylic acids is 1. The number of benzene rings is 4. The Balaban J connectivity index is 1.51. The van der Waals surface area contributed by atoms with Gasteiger partial charge in [-0.25, -0.2) is 9.79 Å². The summed E-state index contributed by atoms with van der Waals surface area (Å²) in [6.45, 7) is 5.88. The third-order valence-corrected chi connectivity index (χ3v) is 10.8. The Hall–Kier alpha value is -6.05. The van der Waals surface area contributed by atoms with E-state index >= 15 is 0 Å². The molecule has 1 aliphatic heterocycles. The maximum atomic E-state index is 14.8. The van der Waals surface area contributed by atoms with E-state index in [1.165, 1.54) is 35.1 Å². The first-order chi connectivity index (χ1) is 26.6. The van der Waals surface area contributed by atoms with E-state index < -0.39 is 16.9 Å². The number of hydrogen-bond donors (Lipinski definition) is 0. The molecule has 0 radical (unpaired) electrons. The number of nitro benzene ring substituents is 1. The summed E-state index contributed by atoms with van der Waals surface area (Å²) in [6.07, 6.45) is 1.84. The van der Waals surface area contributed by atoms with Crippen molar-refractivity contribution >= 4 is 45.0 Å². The molecule has 4 aromatic carbocycles. The first kappa shape index (κ1) is 37.3. The number of ether oxygens (including phenoxy) is 3. The number of non-ortho nitro benzene ring substituents is 1. The third-order valence-electron chi connectivity index (χ3n) is 9.15. The van der Waals surface area contributed by atoms with Gasteiger partial charge in [0.05, 0.1) is 58.5 Å². The molecule has 0 N–H and O–H groups in total. The van der Waals surface area contributed by atoms with Crippen molar-refractivity contribution in [2.45, 2.75) is 26.8 Å². The minimum atomic E-state index is -0.908. The molecule has 1 aliphatic rings. The monoisotopic (exact) mass is 818 g/mol. The van der Waals surface area contributed by atoms with Crippen LogP contribution in [0.2, 0.25) is 0 Å². The van der Waals surface area contributed by atoms with Crippen molar-refractivity contribution in [3.05, 3.63) is 160 Å². The smallest absolute Gasteiger partial charge is 0.338 e. The van der Waals surface area contributed by atoms with Gasteiger partial charge in [0.15, 0.2) is 16.3 Å². The van der Waals surface area contributed by atoms with Crippen LogP contribution in [0.15, 0.2) is 129 Å². The maximum Gasteiger partial charge on any atom is 0.338 e. The summed E-state index contributed by atoms with van der Waals surface area (Å²) >= 11 is 4.91. The van der Waals surface area contributed by atoms with Crippen molar-refractivity contribution in [2.75, 3.05) is 20.3 Å². The predicted molar refractivity (Wildman–Crippen MR) is 216 cm³/mol. The van der Waals surface area contributed by atoms with Crippen molar-refractivity contribution in [3.63, 3.8) is 0 Å². The van der Waals surface area contributed by atoms with Crippen molar-refractivity contribution in [2.24, 2.45) is 4.99 Å². The number of halogens is 1. The van der Waals surface area contributed by atoms with Gasteiger partial charge < -0.3 is 18.8 Å². The van der Waals surface area contributed by atoms with Crippen LogP contribution in [0.25, 0.3) is 34.3 Å². The first-order valence-electron chi connectivity index (χ1n) is 17.5. The van der Waals surface area contributed by atoms with Crippen molar-refractivity contribution < 1.29 is 23.9 Å². The van der Waals surface area contributed by atoms with Gasteiger partial charge in [-0.05, 0) is 73.9 Å². The Morgan fingerprint density at radius 2 is 1.62 bits per heavy atom. The summed E-state index contributed by atoms with van der Waals surface area (Å²) in [5.41, 5.74) is 5.66. The van der Waals surface area contributed by atoms with Crippen molar-refractivity contribution in [3.8, 4) is 39.7 Å². The zero-order valence-electron chi connectivity index (χ0n) is 30.3. The Labute approximate surface area is 328 Å². The normalized spacial score (nSPS) is 14.0. The quantitative estimate of drug-likeness (QED) is 0.0737. The molecule has 0 amide bonds. The number of nitrogens with zero attached hydrogens (tertiary/aromatic N) is 4. The highest BCUT2D eigenvalue weighted by Crippen LogP contribution is 2.41. The number of nitro groups is 1. The van der Waals surface area contributed by atoms with Gasteiger partial charge in [0.2, 0.25) is 0 Å². The Kier molecular flexibility index (Phi) is 10.7. The van der Waals surface area contributed by atoms with E-state index in [2.05, 4.69) is 15.9 Å². The molecule has 2 aromatic heterocycles. The highest BCUT2D eigenvalue weighted by Gasteiger charge is 2.35. The van der Waals surface area contributed by atoms with Crippen LogP contribution in [0.5, 0.6) is 11.5 Å². The van der Waals surface area contributed by atoms with Gasteiger partial charge in [-0.3, -0.25) is 19.5 Å². The lowest BCUT2D eigenvalue weighted by Crippen LogP contribution is -2.40. The second-order valence-electron chi connectivity index (χ2n) is 12.4. The molecular weight excluding hydrogens is 784 g/mol.